The van der Waals surface area contributed by atoms with Crippen LogP contribution in [0.2, 0.25) is 0 Å². The molecule has 0 aromatic carbocycles. The summed E-state index contributed by atoms with van der Waals surface area (Å²) in [6.07, 6.45) is 19.5. The lowest BCUT2D eigenvalue weighted by atomic mass is 9.68. The van der Waals surface area contributed by atoms with Crippen molar-refractivity contribution in [1.29, 1.82) is 0 Å². The maximum Gasteiger partial charge on any atom is 0.101 e. The zero-order valence-corrected chi connectivity index (χ0v) is 12.5. The summed E-state index contributed by atoms with van der Waals surface area (Å²) >= 11 is 0. The highest BCUT2D eigenvalue weighted by molar-refractivity contribution is 5.37. The van der Waals surface area contributed by atoms with Crippen LogP contribution in [0.1, 0.15) is 12.8 Å². The molecule has 0 saturated heterocycles. The molecule has 2 heteroatoms. The molecule has 114 valence electrons. The Hall–Kier alpha value is -1.12. The molecule has 0 amide bonds. The molecule has 0 radical (unpaired) electrons. The SMILES string of the molecule is O[C@]1([C@]2(O)C[C@@H]3C=C[C@@H]4C=C[C@@H]2[C@H]43)C[C@@H]2C=C[C@@H]3C=C[C@@H]1[C@@H]32. The van der Waals surface area contributed by atoms with Gasteiger partial charge < -0.3 is 10.2 Å². The maximum absolute atomic E-state index is 11.7. The largest absolute Gasteiger partial charge is 0.386 e. The van der Waals surface area contributed by atoms with Crippen LogP contribution in [0.25, 0.3) is 0 Å². The van der Waals surface area contributed by atoms with E-state index in [2.05, 4.69) is 48.6 Å². The molecular weight excluding hydrogens is 272 g/mol. The molecule has 6 rings (SSSR count). The normalized spacial score (nSPS) is 65.0. The van der Waals surface area contributed by atoms with E-state index in [-0.39, 0.29) is 11.8 Å². The summed E-state index contributed by atoms with van der Waals surface area (Å²) in [5.74, 6) is 3.08. The molecule has 22 heavy (non-hydrogen) atoms. The minimum atomic E-state index is -0.958. The summed E-state index contributed by atoms with van der Waals surface area (Å²) in [6.45, 7) is 0. The third-order valence-corrected chi connectivity index (χ3v) is 7.90. The summed E-state index contributed by atoms with van der Waals surface area (Å²) in [7, 11) is 0. The van der Waals surface area contributed by atoms with Crippen molar-refractivity contribution in [3.05, 3.63) is 48.6 Å². The van der Waals surface area contributed by atoms with Crippen molar-refractivity contribution < 1.29 is 10.2 Å². The second-order valence-electron chi connectivity index (χ2n) is 8.49. The fraction of sp³-hybridized carbons (Fsp3) is 0.600. The minimum absolute atomic E-state index is 0.123. The lowest BCUT2D eigenvalue weighted by Crippen LogP contribution is -2.59. The summed E-state index contributed by atoms with van der Waals surface area (Å²) in [4.78, 5) is 0. The van der Waals surface area contributed by atoms with Gasteiger partial charge in [0.05, 0.1) is 0 Å². The maximum atomic E-state index is 11.7. The Morgan fingerprint density at radius 2 is 1.00 bits per heavy atom. The minimum Gasteiger partial charge on any atom is -0.386 e. The van der Waals surface area contributed by atoms with Crippen LogP contribution in [-0.2, 0) is 0 Å². The standard InChI is InChI=1S/C20H22O2/c21-19(9-13-3-1-11-5-7-15(19)17(11)13)20(22)10-14-4-2-12-6-8-16(20)18(12)14/h1-8,11-18,21-22H,9-10H2/t11-,12-,13+,14+,15-,16-,17-,18+,19+,20-/m1/s1. The molecule has 2 nitrogen and oxygen atoms in total. The summed E-state index contributed by atoms with van der Waals surface area (Å²) in [6, 6.07) is 0. The smallest absolute Gasteiger partial charge is 0.101 e. The molecule has 0 aromatic rings. The van der Waals surface area contributed by atoms with Crippen LogP contribution in [-0.4, -0.2) is 21.4 Å². The van der Waals surface area contributed by atoms with Crippen molar-refractivity contribution in [2.24, 2.45) is 47.3 Å². The summed E-state index contributed by atoms with van der Waals surface area (Å²) in [5.41, 5.74) is -1.92. The van der Waals surface area contributed by atoms with Crippen molar-refractivity contribution in [2.45, 2.75) is 24.0 Å². The Balaban J connectivity index is 1.47. The quantitative estimate of drug-likeness (QED) is 0.729. The Morgan fingerprint density at radius 1 is 0.591 bits per heavy atom. The van der Waals surface area contributed by atoms with Crippen molar-refractivity contribution in [2.75, 3.05) is 0 Å². The number of hydrogen-bond donors (Lipinski definition) is 2. The molecule has 10 atom stereocenters. The highest BCUT2D eigenvalue weighted by atomic mass is 16.4. The van der Waals surface area contributed by atoms with Crippen molar-refractivity contribution in [3.63, 3.8) is 0 Å². The molecule has 0 aliphatic heterocycles. The van der Waals surface area contributed by atoms with E-state index in [0.29, 0.717) is 35.5 Å². The van der Waals surface area contributed by atoms with E-state index in [0.717, 1.165) is 12.8 Å². The van der Waals surface area contributed by atoms with E-state index < -0.39 is 11.2 Å². The van der Waals surface area contributed by atoms with Gasteiger partial charge in [-0.1, -0.05) is 48.6 Å². The zero-order valence-electron chi connectivity index (χ0n) is 12.5. The van der Waals surface area contributed by atoms with Gasteiger partial charge >= 0.3 is 0 Å². The highest BCUT2D eigenvalue weighted by Crippen LogP contribution is 2.66. The molecule has 0 unspecified atom stereocenters. The fourth-order valence-electron chi connectivity index (χ4n) is 7.06. The topological polar surface area (TPSA) is 40.5 Å². The first-order valence-corrected chi connectivity index (χ1v) is 8.80. The van der Waals surface area contributed by atoms with Crippen molar-refractivity contribution in [1.82, 2.24) is 0 Å². The molecular formula is C20H22O2. The predicted molar refractivity (Wildman–Crippen MR) is 83.6 cm³/mol. The van der Waals surface area contributed by atoms with Crippen LogP contribution in [0.5, 0.6) is 0 Å². The molecule has 0 spiro atoms. The van der Waals surface area contributed by atoms with Crippen LogP contribution >= 0.6 is 0 Å². The van der Waals surface area contributed by atoms with Crippen molar-refractivity contribution in [3.8, 4) is 0 Å². The first-order chi connectivity index (χ1) is 10.6. The third kappa shape index (κ3) is 1.11. The van der Waals surface area contributed by atoms with Gasteiger partial charge in [0.15, 0.2) is 0 Å². The van der Waals surface area contributed by atoms with Gasteiger partial charge in [-0.25, -0.2) is 0 Å². The van der Waals surface area contributed by atoms with E-state index in [1.54, 1.807) is 0 Å². The van der Waals surface area contributed by atoms with E-state index in [1.165, 1.54) is 0 Å². The molecule has 2 N–H and O–H groups in total. The average Bonchev–Trinajstić information content (AvgIpc) is 3.24. The van der Waals surface area contributed by atoms with Gasteiger partial charge in [-0.15, -0.1) is 0 Å². The predicted octanol–water partition coefficient (Wildman–Crippen LogP) is 2.46. The van der Waals surface area contributed by atoms with Gasteiger partial charge in [0, 0.05) is 11.8 Å². The molecule has 0 heterocycles. The van der Waals surface area contributed by atoms with Crippen LogP contribution in [0.15, 0.2) is 48.6 Å². The fourth-order valence-corrected chi connectivity index (χ4v) is 7.06. The molecule has 6 aliphatic carbocycles. The molecule has 0 aromatic heterocycles. The number of hydrogen-bond acceptors (Lipinski definition) is 2. The molecule has 0 bridgehead atoms. The Kier molecular flexibility index (Phi) is 1.97. The second kappa shape index (κ2) is 3.52. The monoisotopic (exact) mass is 294 g/mol. The Labute approximate surface area is 130 Å². The Bertz CT molecular complexity index is 615. The third-order valence-electron chi connectivity index (χ3n) is 7.90. The average molecular weight is 294 g/mol. The van der Waals surface area contributed by atoms with Gasteiger partial charge in [0.25, 0.3) is 0 Å². The van der Waals surface area contributed by atoms with Gasteiger partial charge in [-0.3, -0.25) is 0 Å². The molecule has 2 saturated carbocycles. The van der Waals surface area contributed by atoms with E-state index in [9.17, 15) is 10.2 Å². The Morgan fingerprint density at radius 3 is 1.45 bits per heavy atom. The zero-order chi connectivity index (χ0) is 14.7. The van der Waals surface area contributed by atoms with Gasteiger partial charge in [0.1, 0.15) is 11.2 Å². The van der Waals surface area contributed by atoms with Gasteiger partial charge in [-0.05, 0) is 48.3 Å². The van der Waals surface area contributed by atoms with E-state index in [1.807, 2.05) is 0 Å². The highest BCUT2D eigenvalue weighted by Gasteiger charge is 2.70. The molecule has 2 fully saturated rings. The number of aliphatic hydroxyl groups is 2. The lowest BCUT2D eigenvalue weighted by molar-refractivity contribution is -0.180. The second-order valence-corrected chi connectivity index (χ2v) is 8.49. The van der Waals surface area contributed by atoms with E-state index >= 15 is 0 Å². The first kappa shape index (κ1) is 12.3. The van der Waals surface area contributed by atoms with Crippen LogP contribution < -0.4 is 0 Å². The number of allylic oxidation sites excluding steroid dienone is 6. The van der Waals surface area contributed by atoms with Crippen LogP contribution in [0.3, 0.4) is 0 Å². The van der Waals surface area contributed by atoms with E-state index in [4.69, 9.17) is 0 Å². The lowest BCUT2D eigenvalue weighted by Gasteiger charge is -2.45. The van der Waals surface area contributed by atoms with Gasteiger partial charge in [0.2, 0.25) is 0 Å². The summed E-state index contributed by atoms with van der Waals surface area (Å²) in [5, 5.41) is 23.4. The summed E-state index contributed by atoms with van der Waals surface area (Å²) < 4.78 is 0. The first-order valence-electron chi connectivity index (χ1n) is 8.80. The van der Waals surface area contributed by atoms with Crippen LogP contribution in [0, 0.1) is 47.3 Å². The van der Waals surface area contributed by atoms with Gasteiger partial charge in [-0.2, -0.15) is 0 Å². The van der Waals surface area contributed by atoms with Crippen LogP contribution in [0.4, 0.5) is 0 Å². The van der Waals surface area contributed by atoms with Crippen molar-refractivity contribution >= 4 is 0 Å². The molecule has 6 aliphatic rings. The number of rotatable bonds is 1.